The van der Waals surface area contributed by atoms with Crippen LogP contribution in [0.1, 0.15) is 43.2 Å². The Labute approximate surface area is 245 Å². The number of anilines is 1. The maximum atomic E-state index is 13.4. The first kappa shape index (κ1) is 31.7. The summed E-state index contributed by atoms with van der Waals surface area (Å²) in [5.74, 6) is 0.736. The number of urea groups is 1. The van der Waals surface area contributed by atoms with Crippen molar-refractivity contribution in [3.63, 3.8) is 0 Å². The smallest absolute Gasteiger partial charge is 0.322 e. The highest BCUT2D eigenvalue weighted by molar-refractivity contribution is 7.88. The molecular formula is C29H42Cl2N4O3S. The zero-order chi connectivity index (χ0) is 27.1. The van der Waals surface area contributed by atoms with Crippen molar-refractivity contribution < 1.29 is 13.2 Å². The molecule has 2 saturated heterocycles. The maximum absolute atomic E-state index is 13.4. The lowest BCUT2D eigenvalue weighted by Gasteiger charge is -2.34. The highest BCUT2D eigenvalue weighted by Crippen LogP contribution is 2.25. The second-order valence-electron chi connectivity index (χ2n) is 10.8. The summed E-state index contributed by atoms with van der Waals surface area (Å²) in [5.41, 5.74) is 3.18. The van der Waals surface area contributed by atoms with Gasteiger partial charge in [0.25, 0.3) is 0 Å². The van der Waals surface area contributed by atoms with Crippen LogP contribution in [0, 0.1) is 12.8 Å². The van der Waals surface area contributed by atoms with Crippen molar-refractivity contribution in [2.45, 2.75) is 51.5 Å². The lowest BCUT2D eigenvalue weighted by atomic mass is 9.90. The van der Waals surface area contributed by atoms with Crippen molar-refractivity contribution >= 4 is 45.7 Å². The standard InChI is InChI=1S/C29H41ClN4O3S.ClH/c1-23-9-10-27(22-28(23)30)34(29(35)31-26-13-19-33(20-14-26)38(2,36)37)16-6-15-32-17-11-25(12-18-32)21-24-7-4-3-5-8-24;/h3-5,7-10,22,25-26H,6,11-21H2,1-2H3,(H,31,35);1H. The number of aryl methyl sites for hydroxylation is 1. The molecule has 0 unspecified atom stereocenters. The largest absolute Gasteiger partial charge is 0.335 e. The van der Waals surface area contributed by atoms with E-state index in [1.807, 2.05) is 25.1 Å². The average molecular weight is 598 g/mol. The number of halogens is 2. The summed E-state index contributed by atoms with van der Waals surface area (Å²) >= 11 is 6.41. The number of benzene rings is 2. The first-order valence-electron chi connectivity index (χ1n) is 13.7. The minimum atomic E-state index is -3.20. The summed E-state index contributed by atoms with van der Waals surface area (Å²) in [4.78, 5) is 17.7. The molecule has 0 aromatic heterocycles. The van der Waals surface area contributed by atoms with Crippen molar-refractivity contribution in [2.75, 3.05) is 50.4 Å². The monoisotopic (exact) mass is 596 g/mol. The fraction of sp³-hybridized carbons (Fsp3) is 0.552. The van der Waals surface area contributed by atoms with Crippen molar-refractivity contribution in [3.8, 4) is 0 Å². The van der Waals surface area contributed by atoms with Crippen LogP contribution in [0.4, 0.5) is 10.5 Å². The van der Waals surface area contributed by atoms with Crippen molar-refractivity contribution in [1.29, 1.82) is 0 Å². The summed E-state index contributed by atoms with van der Waals surface area (Å²) in [7, 11) is -3.20. The van der Waals surface area contributed by atoms with Gasteiger partial charge in [0.2, 0.25) is 10.0 Å². The Morgan fingerprint density at radius 3 is 2.31 bits per heavy atom. The first-order valence-corrected chi connectivity index (χ1v) is 16.0. The van der Waals surface area contributed by atoms with Crippen molar-refractivity contribution in [2.24, 2.45) is 5.92 Å². The molecule has 10 heteroatoms. The third kappa shape index (κ3) is 9.35. The summed E-state index contributed by atoms with van der Waals surface area (Å²) < 4.78 is 25.1. The lowest BCUT2D eigenvalue weighted by Crippen LogP contribution is -2.50. The average Bonchev–Trinajstić information content (AvgIpc) is 2.90. The van der Waals surface area contributed by atoms with E-state index in [2.05, 4.69) is 40.5 Å². The Balaban J connectivity index is 0.00000420. The topological polar surface area (TPSA) is 73.0 Å². The molecule has 2 aliphatic rings. The van der Waals surface area contributed by atoms with Gasteiger partial charge in [-0.05, 0) is 94.3 Å². The number of carbonyl (C=O) groups excluding carboxylic acids is 1. The number of carbonyl (C=O) groups is 1. The van der Waals surface area contributed by atoms with Crippen LogP contribution in [-0.4, -0.2) is 75.2 Å². The van der Waals surface area contributed by atoms with Gasteiger partial charge in [-0.15, -0.1) is 12.4 Å². The highest BCUT2D eigenvalue weighted by Gasteiger charge is 2.28. The van der Waals surface area contributed by atoms with E-state index in [4.69, 9.17) is 11.6 Å². The second-order valence-corrected chi connectivity index (χ2v) is 13.2. The molecule has 2 amide bonds. The van der Waals surface area contributed by atoms with E-state index in [0.717, 1.165) is 49.6 Å². The van der Waals surface area contributed by atoms with Crippen LogP contribution in [-0.2, 0) is 16.4 Å². The molecule has 2 aromatic carbocycles. The molecule has 216 valence electrons. The predicted molar refractivity (Wildman–Crippen MR) is 163 cm³/mol. The van der Waals surface area contributed by atoms with Gasteiger partial charge in [0, 0.05) is 36.4 Å². The number of hydrogen-bond acceptors (Lipinski definition) is 4. The predicted octanol–water partition coefficient (Wildman–Crippen LogP) is 5.36. The van der Waals surface area contributed by atoms with Gasteiger partial charge in [-0.25, -0.2) is 17.5 Å². The molecule has 2 aromatic rings. The quantitative estimate of drug-likeness (QED) is 0.423. The molecule has 2 aliphatic heterocycles. The van der Waals surface area contributed by atoms with E-state index in [1.165, 1.54) is 29.0 Å². The van der Waals surface area contributed by atoms with Crippen LogP contribution in [0.3, 0.4) is 0 Å². The molecule has 1 N–H and O–H groups in total. The molecule has 4 rings (SSSR count). The minimum absolute atomic E-state index is 0. The molecule has 0 aliphatic carbocycles. The van der Waals surface area contributed by atoms with Crippen LogP contribution >= 0.6 is 24.0 Å². The van der Waals surface area contributed by atoms with Gasteiger partial charge in [0.05, 0.1) is 6.26 Å². The number of hydrogen-bond donors (Lipinski definition) is 1. The Bertz CT molecular complexity index is 1170. The Morgan fingerprint density at radius 2 is 1.69 bits per heavy atom. The van der Waals surface area contributed by atoms with Crippen LogP contribution in [0.5, 0.6) is 0 Å². The summed E-state index contributed by atoms with van der Waals surface area (Å²) in [6.07, 6.45) is 6.89. The zero-order valence-electron chi connectivity index (χ0n) is 23.0. The first-order chi connectivity index (χ1) is 18.2. The number of sulfonamides is 1. The van der Waals surface area contributed by atoms with E-state index in [9.17, 15) is 13.2 Å². The zero-order valence-corrected chi connectivity index (χ0v) is 25.4. The second kappa shape index (κ2) is 14.7. The Hall–Kier alpha value is -1.84. The normalized spacial score (nSPS) is 17.9. The van der Waals surface area contributed by atoms with Gasteiger partial charge in [-0.2, -0.15) is 0 Å². The summed E-state index contributed by atoms with van der Waals surface area (Å²) in [6.45, 7) is 6.55. The fourth-order valence-electron chi connectivity index (χ4n) is 5.50. The maximum Gasteiger partial charge on any atom is 0.322 e. The molecule has 0 bridgehead atoms. The van der Waals surface area contributed by atoms with E-state index >= 15 is 0 Å². The van der Waals surface area contributed by atoms with Gasteiger partial charge >= 0.3 is 6.03 Å². The number of likely N-dealkylation sites (tertiary alicyclic amines) is 1. The number of piperidine rings is 2. The molecular weight excluding hydrogens is 555 g/mol. The van der Waals surface area contributed by atoms with E-state index in [-0.39, 0.29) is 24.5 Å². The molecule has 0 radical (unpaired) electrons. The van der Waals surface area contributed by atoms with Crippen LogP contribution < -0.4 is 10.2 Å². The fourth-order valence-corrected chi connectivity index (χ4v) is 6.54. The van der Waals surface area contributed by atoms with Gasteiger partial charge in [-0.1, -0.05) is 48.0 Å². The minimum Gasteiger partial charge on any atom is -0.335 e. The Kier molecular flexibility index (Phi) is 11.9. The molecule has 2 fully saturated rings. The third-order valence-electron chi connectivity index (χ3n) is 7.89. The molecule has 0 atom stereocenters. The SMILES string of the molecule is Cc1ccc(N(CCCN2CCC(Cc3ccccc3)CC2)C(=O)NC2CCN(S(C)(=O)=O)CC2)cc1Cl.Cl. The molecule has 2 heterocycles. The van der Waals surface area contributed by atoms with E-state index < -0.39 is 10.0 Å². The van der Waals surface area contributed by atoms with Gasteiger partial charge < -0.3 is 10.2 Å². The molecule has 0 spiro atoms. The van der Waals surface area contributed by atoms with Crippen LogP contribution in [0.25, 0.3) is 0 Å². The van der Waals surface area contributed by atoms with Gasteiger partial charge in [-0.3, -0.25) is 4.90 Å². The number of nitrogens with one attached hydrogen (secondary N) is 1. The van der Waals surface area contributed by atoms with E-state index in [0.29, 0.717) is 37.5 Å². The van der Waals surface area contributed by atoms with Crippen LogP contribution in [0.15, 0.2) is 48.5 Å². The number of rotatable bonds is 9. The summed E-state index contributed by atoms with van der Waals surface area (Å²) in [6, 6.07) is 16.3. The van der Waals surface area contributed by atoms with E-state index in [1.54, 1.807) is 4.90 Å². The number of amides is 2. The number of nitrogens with zero attached hydrogens (tertiary/aromatic N) is 3. The van der Waals surface area contributed by atoms with Gasteiger partial charge in [0.15, 0.2) is 0 Å². The van der Waals surface area contributed by atoms with Crippen LogP contribution in [0.2, 0.25) is 5.02 Å². The molecule has 0 saturated carbocycles. The molecule has 39 heavy (non-hydrogen) atoms. The molecule has 7 nitrogen and oxygen atoms in total. The highest BCUT2D eigenvalue weighted by atomic mass is 35.5. The van der Waals surface area contributed by atoms with Crippen molar-refractivity contribution in [3.05, 3.63) is 64.7 Å². The van der Waals surface area contributed by atoms with Gasteiger partial charge in [0.1, 0.15) is 0 Å². The Morgan fingerprint density at radius 1 is 1.03 bits per heavy atom. The lowest BCUT2D eigenvalue weighted by molar-refractivity contribution is 0.182. The van der Waals surface area contributed by atoms with Crippen molar-refractivity contribution in [1.82, 2.24) is 14.5 Å². The third-order valence-corrected chi connectivity index (χ3v) is 9.60. The summed E-state index contributed by atoms with van der Waals surface area (Å²) in [5, 5.41) is 3.79.